The molecule has 0 aromatic carbocycles. The number of fused-ring (bicyclic) bond motifs is 1. The molecule has 0 nitrogen and oxygen atoms in total. The standard InChI is InChI=1S/C33H42/c1-20-13-21(2)15-27-26(14-20)28-18-24(30(3,4)5)16-22-11-12-23-17-25(31(6,7)8)19-29(27)33(23,10)32(22,28)9/h11-12,14,16-19,21H,13,15H2,1-10H3/t21?,32-,33-/m0/s1. The van der Waals surface area contributed by atoms with Gasteiger partial charge >= 0.3 is 0 Å². The molecule has 0 bridgehead atoms. The van der Waals surface area contributed by atoms with Crippen LogP contribution >= 0.6 is 0 Å². The number of hydrogen-bond acceptors (Lipinski definition) is 0. The van der Waals surface area contributed by atoms with E-state index < -0.39 is 0 Å². The molecule has 33 heavy (non-hydrogen) atoms. The Hall–Kier alpha value is -2.08. The maximum Gasteiger partial charge on any atom is 0.0315 e. The Morgan fingerprint density at radius 3 is 1.70 bits per heavy atom. The first kappa shape index (κ1) is 22.7. The third kappa shape index (κ3) is 3.02. The van der Waals surface area contributed by atoms with Crippen molar-refractivity contribution in [1.29, 1.82) is 0 Å². The van der Waals surface area contributed by atoms with E-state index >= 15 is 0 Å². The molecule has 0 saturated heterocycles. The molecule has 5 aliphatic carbocycles. The molecule has 0 aromatic rings. The third-order valence-corrected chi connectivity index (χ3v) is 9.18. The van der Waals surface area contributed by atoms with Crippen LogP contribution in [-0.2, 0) is 0 Å². The van der Waals surface area contributed by atoms with Gasteiger partial charge in [0.15, 0.2) is 0 Å². The van der Waals surface area contributed by atoms with Gasteiger partial charge in [-0.25, -0.2) is 0 Å². The van der Waals surface area contributed by atoms with Crippen LogP contribution in [-0.4, -0.2) is 0 Å². The lowest BCUT2D eigenvalue weighted by atomic mass is 9.43. The molecule has 0 N–H and O–H groups in total. The monoisotopic (exact) mass is 438 g/mol. The van der Waals surface area contributed by atoms with Crippen LogP contribution in [0.1, 0.15) is 82.1 Å². The van der Waals surface area contributed by atoms with Crippen LogP contribution in [0.25, 0.3) is 0 Å². The second-order valence-corrected chi connectivity index (χ2v) is 13.7. The zero-order valence-corrected chi connectivity index (χ0v) is 22.5. The van der Waals surface area contributed by atoms with E-state index in [0.29, 0.717) is 5.92 Å². The van der Waals surface area contributed by atoms with Gasteiger partial charge in [-0.1, -0.05) is 110 Å². The van der Waals surface area contributed by atoms with E-state index in [1.165, 1.54) is 39.9 Å². The molecule has 0 heteroatoms. The Morgan fingerprint density at radius 1 is 0.697 bits per heavy atom. The summed E-state index contributed by atoms with van der Waals surface area (Å²) in [5.41, 5.74) is 13.8. The van der Waals surface area contributed by atoms with Crippen molar-refractivity contribution in [2.24, 2.45) is 27.6 Å². The van der Waals surface area contributed by atoms with Gasteiger partial charge in [-0.3, -0.25) is 0 Å². The lowest BCUT2D eigenvalue weighted by molar-refractivity contribution is 0.240. The summed E-state index contributed by atoms with van der Waals surface area (Å²) in [4.78, 5) is 0. The summed E-state index contributed by atoms with van der Waals surface area (Å²) in [5, 5.41) is 0. The molecule has 5 rings (SSSR count). The fraction of sp³-hybridized carbons (Fsp3) is 0.515. The molecule has 0 amide bonds. The van der Waals surface area contributed by atoms with Crippen molar-refractivity contribution in [2.75, 3.05) is 0 Å². The van der Waals surface area contributed by atoms with E-state index in [2.05, 4.69) is 112 Å². The van der Waals surface area contributed by atoms with E-state index in [0.717, 1.165) is 6.42 Å². The van der Waals surface area contributed by atoms with Gasteiger partial charge in [0.05, 0.1) is 0 Å². The van der Waals surface area contributed by atoms with Crippen molar-refractivity contribution < 1.29 is 0 Å². The summed E-state index contributed by atoms with van der Waals surface area (Å²) in [5.74, 6) is 0.666. The highest BCUT2D eigenvalue weighted by atomic mass is 14.6. The molecule has 3 atom stereocenters. The van der Waals surface area contributed by atoms with Crippen molar-refractivity contribution in [3.63, 3.8) is 0 Å². The minimum absolute atomic E-state index is 0.0395. The van der Waals surface area contributed by atoms with Crippen molar-refractivity contribution in [3.8, 4) is 0 Å². The molecule has 5 aliphatic rings. The molecule has 0 spiro atoms. The molecule has 0 fully saturated rings. The molecule has 0 heterocycles. The summed E-state index contributed by atoms with van der Waals surface area (Å²) in [6, 6.07) is 0. The number of rotatable bonds is 0. The van der Waals surface area contributed by atoms with Gasteiger partial charge in [0.2, 0.25) is 0 Å². The van der Waals surface area contributed by atoms with Crippen LogP contribution in [0.5, 0.6) is 0 Å². The summed E-state index contributed by atoms with van der Waals surface area (Å²) in [6.45, 7) is 24.0. The van der Waals surface area contributed by atoms with Crippen LogP contribution in [0.2, 0.25) is 0 Å². The van der Waals surface area contributed by atoms with Crippen molar-refractivity contribution in [2.45, 2.75) is 82.1 Å². The van der Waals surface area contributed by atoms with Gasteiger partial charge < -0.3 is 0 Å². The van der Waals surface area contributed by atoms with Gasteiger partial charge in [-0.15, -0.1) is 0 Å². The Balaban J connectivity index is 1.95. The van der Waals surface area contributed by atoms with Gasteiger partial charge in [-0.2, -0.15) is 0 Å². The third-order valence-electron chi connectivity index (χ3n) is 9.18. The van der Waals surface area contributed by atoms with Gasteiger partial charge in [0, 0.05) is 10.8 Å². The second kappa shape index (κ2) is 6.74. The fourth-order valence-electron chi connectivity index (χ4n) is 6.91. The van der Waals surface area contributed by atoms with Gasteiger partial charge in [0.25, 0.3) is 0 Å². The smallest absolute Gasteiger partial charge is 0.0315 e. The van der Waals surface area contributed by atoms with Crippen LogP contribution < -0.4 is 0 Å². The topological polar surface area (TPSA) is 0 Å². The largest absolute Gasteiger partial charge is 0.0724 e. The fourth-order valence-corrected chi connectivity index (χ4v) is 6.91. The predicted molar refractivity (Wildman–Crippen MR) is 143 cm³/mol. The minimum atomic E-state index is -0.0548. The zero-order chi connectivity index (χ0) is 24.1. The Labute approximate surface area is 202 Å². The maximum absolute atomic E-state index is 2.59. The normalized spacial score (nSPS) is 33.4. The first-order valence-corrected chi connectivity index (χ1v) is 12.9. The first-order valence-electron chi connectivity index (χ1n) is 12.9. The predicted octanol–water partition coefficient (Wildman–Crippen LogP) is 9.38. The molecular formula is C33H42. The molecule has 0 aliphatic heterocycles. The van der Waals surface area contributed by atoms with E-state index in [-0.39, 0.29) is 21.7 Å². The lowest BCUT2D eigenvalue weighted by Crippen LogP contribution is -2.49. The van der Waals surface area contributed by atoms with Crippen molar-refractivity contribution in [1.82, 2.24) is 0 Å². The lowest BCUT2D eigenvalue weighted by Gasteiger charge is -2.59. The van der Waals surface area contributed by atoms with Crippen molar-refractivity contribution >= 4 is 0 Å². The average Bonchev–Trinajstić information content (AvgIpc) is 2.82. The summed E-state index contributed by atoms with van der Waals surface area (Å²) >= 11 is 0. The highest BCUT2D eigenvalue weighted by Gasteiger charge is 2.59. The Kier molecular flexibility index (Phi) is 4.64. The van der Waals surface area contributed by atoms with E-state index in [9.17, 15) is 0 Å². The molecule has 0 radical (unpaired) electrons. The summed E-state index contributed by atoms with van der Waals surface area (Å²) < 4.78 is 0. The highest BCUT2D eigenvalue weighted by Crippen LogP contribution is 2.69. The van der Waals surface area contributed by atoms with Crippen LogP contribution in [0.15, 0.2) is 92.7 Å². The number of allylic oxidation sites excluding steroid dienone is 16. The Morgan fingerprint density at radius 2 is 1.18 bits per heavy atom. The van der Waals surface area contributed by atoms with E-state index in [4.69, 9.17) is 0 Å². The second-order valence-electron chi connectivity index (χ2n) is 13.7. The SMILES string of the molecule is CC1=CC2=C3C=C(C(C)(C)C)C=C4C=CC5=CC(C(C)(C)C)=CC(=C2CC(C)C1)[C@@]5(C)[C@@]43C. The molecule has 0 aromatic heterocycles. The quantitative estimate of drug-likeness (QED) is 0.353. The van der Waals surface area contributed by atoms with Crippen LogP contribution in [0, 0.1) is 27.6 Å². The minimum Gasteiger partial charge on any atom is -0.0724 e. The van der Waals surface area contributed by atoms with E-state index in [1.54, 1.807) is 16.7 Å². The average molecular weight is 439 g/mol. The Bertz CT molecular complexity index is 1200. The van der Waals surface area contributed by atoms with Gasteiger partial charge in [0.1, 0.15) is 0 Å². The molecule has 174 valence electrons. The maximum atomic E-state index is 2.59. The van der Waals surface area contributed by atoms with Gasteiger partial charge in [-0.05, 0) is 81.1 Å². The van der Waals surface area contributed by atoms with Crippen molar-refractivity contribution in [3.05, 3.63) is 92.7 Å². The first-order chi connectivity index (χ1) is 15.2. The molecular weight excluding hydrogens is 396 g/mol. The summed E-state index contributed by atoms with van der Waals surface area (Å²) in [6.07, 6.45) is 19.9. The van der Waals surface area contributed by atoms with Crippen LogP contribution in [0.4, 0.5) is 0 Å². The molecule has 1 unspecified atom stereocenters. The highest BCUT2D eigenvalue weighted by molar-refractivity contribution is 5.74. The number of hydrogen-bond donors (Lipinski definition) is 0. The van der Waals surface area contributed by atoms with Crippen LogP contribution in [0.3, 0.4) is 0 Å². The molecule has 0 saturated carbocycles. The zero-order valence-electron chi connectivity index (χ0n) is 22.5. The van der Waals surface area contributed by atoms with E-state index in [1.807, 2.05) is 0 Å². The summed E-state index contributed by atoms with van der Waals surface area (Å²) in [7, 11) is 0.